The van der Waals surface area contributed by atoms with Crippen LogP contribution >= 0.6 is 0 Å². The number of rotatable bonds is 5. The Kier molecular flexibility index (Phi) is 5.15. The summed E-state index contributed by atoms with van der Waals surface area (Å²) < 4.78 is 11.0. The fourth-order valence-corrected chi connectivity index (χ4v) is 2.79. The van der Waals surface area contributed by atoms with Gasteiger partial charge in [-0.2, -0.15) is 0 Å². The van der Waals surface area contributed by atoms with Crippen LogP contribution in [0.2, 0.25) is 0 Å². The van der Waals surface area contributed by atoms with Crippen molar-refractivity contribution in [2.45, 2.75) is 25.8 Å². The van der Waals surface area contributed by atoms with Gasteiger partial charge >= 0.3 is 0 Å². The molecule has 1 aromatic carbocycles. The molecule has 0 bridgehead atoms. The third-order valence-electron chi connectivity index (χ3n) is 4.18. The van der Waals surface area contributed by atoms with Crippen molar-refractivity contribution < 1.29 is 18.7 Å². The van der Waals surface area contributed by atoms with Crippen molar-refractivity contribution in [1.82, 2.24) is 10.2 Å². The van der Waals surface area contributed by atoms with Gasteiger partial charge in [0.15, 0.2) is 0 Å². The highest BCUT2D eigenvalue weighted by molar-refractivity contribution is 5.84. The van der Waals surface area contributed by atoms with Gasteiger partial charge in [-0.25, -0.2) is 0 Å². The van der Waals surface area contributed by atoms with Crippen LogP contribution in [0.25, 0.3) is 11.0 Å². The molecular formula is C18H22N2O4. The second-order valence-corrected chi connectivity index (χ2v) is 5.97. The van der Waals surface area contributed by atoms with Crippen molar-refractivity contribution in [3.63, 3.8) is 0 Å². The Hall–Kier alpha value is -2.34. The van der Waals surface area contributed by atoms with Gasteiger partial charge in [0.25, 0.3) is 0 Å². The van der Waals surface area contributed by atoms with Gasteiger partial charge in [-0.05, 0) is 19.1 Å². The zero-order valence-corrected chi connectivity index (χ0v) is 13.8. The standard InChI is InChI=1S/C18H22N2O4/c1-13(16-12-14-4-2-3-5-15(14)24-16)19-17(21)6-7-18(22)20-8-10-23-11-9-20/h2-5,12-13H,6-11H2,1H3,(H,19,21)/t13-/m1/s1. The molecule has 6 heteroatoms. The van der Waals surface area contributed by atoms with Crippen LogP contribution in [0.4, 0.5) is 0 Å². The summed E-state index contributed by atoms with van der Waals surface area (Å²) in [4.78, 5) is 25.9. The minimum atomic E-state index is -0.233. The molecule has 0 unspecified atom stereocenters. The zero-order valence-electron chi connectivity index (χ0n) is 13.8. The summed E-state index contributed by atoms with van der Waals surface area (Å²) in [6, 6.07) is 9.42. The summed E-state index contributed by atoms with van der Waals surface area (Å²) >= 11 is 0. The molecule has 6 nitrogen and oxygen atoms in total. The van der Waals surface area contributed by atoms with E-state index in [1.165, 1.54) is 0 Å². The second-order valence-electron chi connectivity index (χ2n) is 5.97. The summed E-state index contributed by atoms with van der Waals surface area (Å²) in [5.41, 5.74) is 0.802. The Balaban J connectivity index is 1.49. The Labute approximate surface area is 140 Å². The molecule has 2 heterocycles. The molecule has 24 heavy (non-hydrogen) atoms. The number of nitrogens with one attached hydrogen (secondary N) is 1. The third-order valence-corrected chi connectivity index (χ3v) is 4.18. The SMILES string of the molecule is C[C@@H](NC(=O)CCC(=O)N1CCOCC1)c1cc2ccccc2o1. The summed E-state index contributed by atoms with van der Waals surface area (Å²) in [5, 5.41) is 3.90. The molecule has 1 aliphatic rings. The van der Waals surface area contributed by atoms with Gasteiger partial charge < -0.3 is 19.4 Å². The van der Waals surface area contributed by atoms with E-state index >= 15 is 0 Å². The summed E-state index contributed by atoms with van der Waals surface area (Å²) in [6.07, 6.45) is 0.402. The Morgan fingerprint density at radius 3 is 2.71 bits per heavy atom. The van der Waals surface area contributed by atoms with Crippen LogP contribution in [0.5, 0.6) is 0 Å². The van der Waals surface area contributed by atoms with Crippen LogP contribution in [0, 0.1) is 0 Å². The number of carbonyl (C=O) groups excluding carboxylic acids is 2. The lowest BCUT2D eigenvalue weighted by Gasteiger charge is -2.26. The van der Waals surface area contributed by atoms with E-state index in [0.29, 0.717) is 32.1 Å². The van der Waals surface area contributed by atoms with Gasteiger partial charge in [-0.15, -0.1) is 0 Å². The van der Waals surface area contributed by atoms with Gasteiger partial charge in [-0.3, -0.25) is 9.59 Å². The predicted octanol–water partition coefficient (Wildman–Crippen LogP) is 2.25. The van der Waals surface area contributed by atoms with Gasteiger partial charge in [0.2, 0.25) is 11.8 Å². The minimum Gasteiger partial charge on any atom is -0.459 e. The first-order valence-electron chi connectivity index (χ1n) is 8.27. The molecule has 1 N–H and O–H groups in total. The Bertz CT molecular complexity index is 686. The van der Waals surface area contributed by atoms with Gasteiger partial charge in [0.1, 0.15) is 11.3 Å². The molecule has 0 saturated carbocycles. The van der Waals surface area contributed by atoms with Crippen LogP contribution in [-0.2, 0) is 14.3 Å². The lowest BCUT2D eigenvalue weighted by atomic mass is 10.2. The zero-order chi connectivity index (χ0) is 16.9. The Morgan fingerprint density at radius 1 is 1.21 bits per heavy atom. The van der Waals surface area contributed by atoms with Gasteiger partial charge in [-0.1, -0.05) is 18.2 Å². The van der Waals surface area contributed by atoms with E-state index in [0.717, 1.165) is 11.0 Å². The lowest BCUT2D eigenvalue weighted by molar-refractivity contribution is -0.137. The number of benzene rings is 1. The maximum Gasteiger partial charge on any atom is 0.223 e. The number of carbonyl (C=O) groups is 2. The summed E-state index contributed by atoms with van der Waals surface area (Å²) in [6.45, 7) is 4.23. The molecule has 1 aliphatic heterocycles. The van der Waals surface area contributed by atoms with Crippen LogP contribution in [0.15, 0.2) is 34.7 Å². The number of morpholine rings is 1. The molecule has 0 radical (unpaired) electrons. The third kappa shape index (κ3) is 3.94. The first-order chi connectivity index (χ1) is 11.6. The maximum absolute atomic E-state index is 12.1. The molecule has 1 aromatic heterocycles. The van der Waals surface area contributed by atoms with Gasteiger partial charge in [0, 0.05) is 31.3 Å². The summed E-state index contributed by atoms with van der Waals surface area (Å²) in [5.74, 6) is 0.568. The molecule has 3 rings (SSSR count). The largest absolute Gasteiger partial charge is 0.459 e. The quantitative estimate of drug-likeness (QED) is 0.913. The molecule has 1 saturated heterocycles. The molecule has 1 atom stereocenters. The topological polar surface area (TPSA) is 71.8 Å². The molecule has 0 spiro atoms. The summed E-state index contributed by atoms with van der Waals surface area (Å²) in [7, 11) is 0. The fraction of sp³-hybridized carbons (Fsp3) is 0.444. The van der Waals surface area contributed by atoms with Crippen LogP contribution < -0.4 is 5.32 Å². The van der Waals surface area contributed by atoms with Gasteiger partial charge in [0.05, 0.1) is 19.3 Å². The molecular weight excluding hydrogens is 308 g/mol. The first-order valence-corrected chi connectivity index (χ1v) is 8.27. The number of furan rings is 1. The van der Waals surface area contributed by atoms with Crippen LogP contribution in [0.1, 0.15) is 31.6 Å². The predicted molar refractivity (Wildman–Crippen MR) is 89.4 cm³/mol. The number of ether oxygens (including phenoxy) is 1. The van der Waals surface area contributed by atoms with Crippen molar-refractivity contribution in [3.05, 3.63) is 36.1 Å². The van der Waals surface area contributed by atoms with Crippen molar-refractivity contribution in [2.24, 2.45) is 0 Å². The average Bonchev–Trinajstić information content (AvgIpc) is 3.05. The molecule has 0 aliphatic carbocycles. The number of para-hydroxylation sites is 1. The highest BCUT2D eigenvalue weighted by Crippen LogP contribution is 2.23. The number of fused-ring (bicyclic) bond motifs is 1. The van der Waals surface area contributed by atoms with E-state index in [1.807, 2.05) is 37.3 Å². The monoisotopic (exact) mass is 330 g/mol. The van der Waals surface area contributed by atoms with E-state index in [-0.39, 0.29) is 30.7 Å². The maximum atomic E-state index is 12.1. The normalized spacial score (nSPS) is 16.1. The average molecular weight is 330 g/mol. The van der Waals surface area contributed by atoms with E-state index in [4.69, 9.17) is 9.15 Å². The second kappa shape index (κ2) is 7.49. The van der Waals surface area contributed by atoms with Crippen LogP contribution in [-0.4, -0.2) is 43.0 Å². The fourth-order valence-electron chi connectivity index (χ4n) is 2.79. The molecule has 1 fully saturated rings. The minimum absolute atomic E-state index is 0.00448. The number of nitrogens with zero attached hydrogens (tertiary/aromatic N) is 1. The van der Waals surface area contributed by atoms with E-state index in [1.54, 1.807) is 4.90 Å². The highest BCUT2D eigenvalue weighted by atomic mass is 16.5. The molecule has 2 aromatic rings. The van der Waals surface area contributed by atoms with E-state index in [9.17, 15) is 9.59 Å². The van der Waals surface area contributed by atoms with E-state index < -0.39 is 0 Å². The molecule has 2 amide bonds. The molecule has 128 valence electrons. The highest BCUT2D eigenvalue weighted by Gasteiger charge is 2.19. The van der Waals surface area contributed by atoms with E-state index in [2.05, 4.69) is 5.32 Å². The Morgan fingerprint density at radius 2 is 1.96 bits per heavy atom. The number of hydrogen-bond donors (Lipinski definition) is 1. The number of hydrogen-bond acceptors (Lipinski definition) is 4. The van der Waals surface area contributed by atoms with Crippen molar-refractivity contribution in [3.8, 4) is 0 Å². The number of amides is 2. The van der Waals surface area contributed by atoms with Crippen molar-refractivity contribution in [2.75, 3.05) is 26.3 Å². The first kappa shape index (κ1) is 16.5. The van der Waals surface area contributed by atoms with Crippen molar-refractivity contribution >= 4 is 22.8 Å². The van der Waals surface area contributed by atoms with Crippen LogP contribution in [0.3, 0.4) is 0 Å². The smallest absolute Gasteiger partial charge is 0.223 e. The van der Waals surface area contributed by atoms with Crippen molar-refractivity contribution in [1.29, 1.82) is 0 Å². The lowest BCUT2D eigenvalue weighted by Crippen LogP contribution is -2.41.